The quantitative estimate of drug-likeness (QED) is 0.854. The number of hydrogen-bond donors (Lipinski definition) is 1. The lowest BCUT2D eigenvalue weighted by molar-refractivity contribution is 0.0288. The monoisotopic (exact) mass is 383 g/mol. The summed E-state index contributed by atoms with van der Waals surface area (Å²) in [6.45, 7) is 9.47. The maximum Gasteiger partial charge on any atom is 0.408 e. The number of benzene rings is 1. The highest BCUT2D eigenvalue weighted by Gasteiger charge is 2.23. The third-order valence-electron chi connectivity index (χ3n) is 4.51. The molecule has 6 nitrogen and oxygen atoms in total. The van der Waals surface area contributed by atoms with Gasteiger partial charge in [0.15, 0.2) is 0 Å². The highest BCUT2D eigenvalue weighted by Crippen LogP contribution is 2.22. The fraction of sp³-hybridized carbons (Fsp3) is 0.455. The first-order chi connectivity index (χ1) is 13.4. The van der Waals surface area contributed by atoms with Crippen LogP contribution in [0.2, 0.25) is 0 Å². The Kier molecular flexibility index (Phi) is 6.65. The van der Waals surface area contributed by atoms with Gasteiger partial charge in [0, 0.05) is 31.4 Å². The van der Waals surface area contributed by atoms with Gasteiger partial charge in [0.2, 0.25) is 0 Å². The van der Waals surface area contributed by atoms with Crippen LogP contribution in [-0.2, 0) is 9.47 Å². The molecule has 1 N–H and O–H groups in total. The largest absolute Gasteiger partial charge is 0.444 e. The van der Waals surface area contributed by atoms with Crippen molar-refractivity contribution in [2.24, 2.45) is 0 Å². The van der Waals surface area contributed by atoms with Crippen LogP contribution in [0, 0.1) is 0 Å². The molecular formula is C22H29N3O3. The second kappa shape index (κ2) is 9.17. The summed E-state index contributed by atoms with van der Waals surface area (Å²) in [4.78, 5) is 19.1. The van der Waals surface area contributed by atoms with Gasteiger partial charge in [-0.05, 0) is 38.5 Å². The van der Waals surface area contributed by atoms with Gasteiger partial charge in [-0.25, -0.2) is 4.79 Å². The Labute approximate surface area is 166 Å². The number of alkyl carbamates (subject to hydrolysis) is 1. The molecule has 0 unspecified atom stereocenters. The van der Waals surface area contributed by atoms with Gasteiger partial charge in [0.05, 0.1) is 24.9 Å². The van der Waals surface area contributed by atoms with Crippen LogP contribution in [0.4, 0.5) is 4.79 Å². The van der Waals surface area contributed by atoms with E-state index in [1.165, 1.54) is 0 Å². The predicted octanol–water partition coefficient (Wildman–Crippen LogP) is 3.65. The molecule has 6 heteroatoms. The molecule has 2 aromatic rings. The summed E-state index contributed by atoms with van der Waals surface area (Å²) in [5.41, 5.74) is 2.49. The van der Waals surface area contributed by atoms with Crippen LogP contribution in [0.3, 0.4) is 0 Å². The fourth-order valence-electron chi connectivity index (χ4n) is 3.15. The topological polar surface area (TPSA) is 63.7 Å². The maximum absolute atomic E-state index is 12.4. The summed E-state index contributed by atoms with van der Waals surface area (Å²) in [6.07, 6.45) is 1.38. The molecule has 1 aromatic heterocycles. The average molecular weight is 383 g/mol. The third kappa shape index (κ3) is 6.04. The number of aromatic nitrogens is 1. The molecule has 3 rings (SSSR count). The number of carbonyl (C=O) groups is 1. The van der Waals surface area contributed by atoms with Gasteiger partial charge in [0.1, 0.15) is 5.60 Å². The molecule has 1 atom stereocenters. The number of hydrogen-bond acceptors (Lipinski definition) is 5. The summed E-state index contributed by atoms with van der Waals surface area (Å²) in [7, 11) is 0. The van der Waals surface area contributed by atoms with Crippen LogP contribution >= 0.6 is 0 Å². The molecule has 1 aromatic carbocycles. The molecule has 1 fully saturated rings. The summed E-state index contributed by atoms with van der Waals surface area (Å²) in [6, 6.07) is 13.9. The van der Waals surface area contributed by atoms with Crippen LogP contribution in [0.25, 0.3) is 11.3 Å². The number of rotatable bonds is 5. The van der Waals surface area contributed by atoms with Crippen molar-refractivity contribution < 1.29 is 14.3 Å². The zero-order valence-corrected chi connectivity index (χ0v) is 16.9. The number of nitrogens with one attached hydrogen (secondary N) is 1. The lowest BCUT2D eigenvalue weighted by Crippen LogP contribution is -2.44. The molecule has 0 radical (unpaired) electrons. The first-order valence-corrected chi connectivity index (χ1v) is 9.72. The molecule has 1 aliphatic heterocycles. The van der Waals surface area contributed by atoms with Crippen LogP contribution in [0.15, 0.2) is 48.7 Å². The molecule has 1 saturated heterocycles. The lowest BCUT2D eigenvalue weighted by Gasteiger charge is -2.31. The minimum Gasteiger partial charge on any atom is -0.444 e. The number of ether oxygens (including phenoxy) is 2. The molecule has 0 bridgehead atoms. The van der Waals surface area contributed by atoms with E-state index in [9.17, 15) is 4.79 Å². The molecule has 150 valence electrons. The highest BCUT2D eigenvalue weighted by molar-refractivity contribution is 5.68. The molecular weight excluding hydrogens is 354 g/mol. The van der Waals surface area contributed by atoms with Gasteiger partial charge in [-0.2, -0.15) is 0 Å². The van der Waals surface area contributed by atoms with E-state index in [0.717, 1.165) is 43.1 Å². The molecule has 0 spiro atoms. The Hall–Kier alpha value is -2.44. The van der Waals surface area contributed by atoms with Crippen LogP contribution in [-0.4, -0.2) is 54.4 Å². The van der Waals surface area contributed by atoms with Gasteiger partial charge >= 0.3 is 6.09 Å². The van der Waals surface area contributed by atoms with E-state index in [4.69, 9.17) is 9.47 Å². The van der Waals surface area contributed by atoms with Crippen molar-refractivity contribution in [2.45, 2.75) is 32.4 Å². The van der Waals surface area contributed by atoms with Crippen molar-refractivity contribution in [3.05, 3.63) is 54.2 Å². The normalized spacial score (nSPS) is 16.4. The van der Waals surface area contributed by atoms with E-state index in [1.54, 1.807) is 6.20 Å². The van der Waals surface area contributed by atoms with Crippen molar-refractivity contribution in [2.75, 3.05) is 32.8 Å². The van der Waals surface area contributed by atoms with Crippen molar-refractivity contribution >= 4 is 6.09 Å². The summed E-state index contributed by atoms with van der Waals surface area (Å²) in [5.74, 6) is 0. The number of morpholine rings is 1. The smallest absolute Gasteiger partial charge is 0.408 e. The Balaban J connectivity index is 1.75. The summed E-state index contributed by atoms with van der Waals surface area (Å²) >= 11 is 0. The molecule has 0 saturated carbocycles. The van der Waals surface area contributed by atoms with Gasteiger partial charge in [-0.3, -0.25) is 9.88 Å². The molecule has 1 amide bonds. The zero-order valence-electron chi connectivity index (χ0n) is 16.9. The molecule has 28 heavy (non-hydrogen) atoms. The van der Waals surface area contributed by atoms with Crippen molar-refractivity contribution in [1.82, 2.24) is 15.2 Å². The van der Waals surface area contributed by atoms with E-state index in [0.29, 0.717) is 6.54 Å². The van der Waals surface area contributed by atoms with E-state index >= 15 is 0 Å². The fourth-order valence-corrected chi connectivity index (χ4v) is 3.15. The van der Waals surface area contributed by atoms with Crippen molar-refractivity contribution in [3.8, 4) is 11.3 Å². The zero-order chi connectivity index (χ0) is 20.0. The minimum atomic E-state index is -0.531. The lowest BCUT2D eigenvalue weighted by atomic mass is 10.0. The van der Waals surface area contributed by atoms with Crippen LogP contribution in [0.1, 0.15) is 32.4 Å². The van der Waals surface area contributed by atoms with E-state index < -0.39 is 11.7 Å². The number of nitrogens with zero attached hydrogens (tertiary/aromatic N) is 2. The first kappa shape index (κ1) is 20.3. The third-order valence-corrected chi connectivity index (χ3v) is 4.51. The minimum absolute atomic E-state index is 0.161. The van der Waals surface area contributed by atoms with Crippen molar-refractivity contribution in [1.29, 1.82) is 0 Å². The van der Waals surface area contributed by atoms with Crippen molar-refractivity contribution in [3.63, 3.8) is 0 Å². The van der Waals surface area contributed by atoms with E-state index in [1.807, 2.05) is 63.2 Å². The summed E-state index contributed by atoms with van der Waals surface area (Å²) < 4.78 is 10.9. The molecule has 1 aliphatic rings. The SMILES string of the molecule is CC(C)(C)OC(=O)N[C@@H](CN1CCOCC1)c1ccc(-c2ccccn2)cc1. The Morgan fingerprint density at radius 2 is 1.89 bits per heavy atom. The van der Waals surface area contributed by atoms with Crippen LogP contribution < -0.4 is 5.32 Å². The first-order valence-electron chi connectivity index (χ1n) is 9.72. The second-order valence-electron chi connectivity index (χ2n) is 7.95. The molecule has 0 aliphatic carbocycles. The van der Waals surface area contributed by atoms with E-state index in [-0.39, 0.29) is 6.04 Å². The highest BCUT2D eigenvalue weighted by atomic mass is 16.6. The van der Waals surface area contributed by atoms with Gasteiger partial charge in [-0.15, -0.1) is 0 Å². The number of carbonyl (C=O) groups excluding carboxylic acids is 1. The Morgan fingerprint density at radius 1 is 1.18 bits per heavy atom. The standard InChI is InChI=1S/C22H29N3O3/c1-22(2,3)28-21(26)24-20(16-25-12-14-27-15-13-25)18-9-7-17(8-10-18)19-6-4-5-11-23-19/h4-11,20H,12-16H2,1-3H3,(H,24,26)/t20-/m0/s1. The molecule has 2 heterocycles. The van der Waals surface area contributed by atoms with E-state index in [2.05, 4.69) is 15.2 Å². The maximum atomic E-state index is 12.4. The summed E-state index contributed by atoms with van der Waals surface area (Å²) in [5, 5.41) is 3.04. The Bertz CT molecular complexity index is 751. The number of pyridine rings is 1. The Morgan fingerprint density at radius 3 is 2.50 bits per heavy atom. The van der Waals surface area contributed by atoms with Gasteiger partial charge < -0.3 is 14.8 Å². The average Bonchev–Trinajstić information content (AvgIpc) is 2.68. The van der Waals surface area contributed by atoms with Crippen LogP contribution in [0.5, 0.6) is 0 Å². The van der Waals surface area contributed by atoms with Gasteiger partial charge in [-0.1, -0.05) is 30.3 Å². The second-order valence-corrected chi connectivity index (χ2v) is 7.95. The van der Waals surface area contributed by atoms with Gasteiger partial charge in [0.25, 0.3) is 0 Å². The predicted molar refractivity (Wildman–Crippen MR) is 109 cm³/mol. The number of amides is 1.